The van der Waals surface area contributed by atoms with E-state index in [1.807, 2.05) is 78.2 Å². The molecule has 1 heterocycles. The number of anilines is 1. The monoisotopic (exact) mass is 500 g/mol. The molecule has 4 rings (SSSR count). The van der Waals surface area contributed by atoms with Crippen LogP contribution >= 0.6 is 11.3 Å². The third-order valence-electron chi connectivity index (χ3n) is 5.21. The molecule has 0 aliphatic carbocycles. The van der Waals surface area contributed by atoms with Gasteiger partial charge < -0.3 is 14.2 Å². The van der Waals surface area contributed by atoms with Gasteiger partial charge in [-0.05, 0) is 60.0 Å². The topological polar surface area (TPSA) is 69.7 Å². The van der Waals surface area contributed by atoms with Crippen molar-refractivity contribution < 1.29 is 19.0 Å². The summed E-state index contributed by atoms with van der Waals surface area (Å²) in [6.07, 6.45) is 4.16. The number of benzene rings is 3. The summed E-state index contributed by atoms with van der Waals surface area (Å²) in [4.78, 5) is 17.0. The van der Waals surface area contributed by atoms with Crippen molar-refractivity contribution in [2.24, 2.45) is 0 Å². The Labute approximate surface area is 215 Å². The van der Waals surface area contributed by atoms with Gasteiger partial charge in [0.15, 0.2) is 16.6 Å². The zero-order chi connectivity index (χ0) is 25.2. The van der Waals surface area contributed by atoms with Crippen LogP contribution in [-0.4, -0.2) is 24.6 Å². The summed E-state index contributed by atoms with van der Waals surface area (Å²) in [5.41, 5.74) is 3.66. The number of hydrogen-bond acceptors (Lipinski definition) is 6. The zero-order valence-corrected chi connectivity index (χ0v) is 21.1. The maximum Gasteiger partial charge on any atom is 0.250 e. The number of hydrogen-bond donors (Lipinski definition) is 1. The molecule has 36 heavy (non-hydrogen) atoms. The van der Waals surface area contributed by atoms with Gasteiger partial charge in [-0.1, -0.05) is 43.3 Å². The molecule has 0 aliphatic heterocycles. The minimum absolute atomic E-state index is 0.261. The molecule has 3 aromatic carbocycles. The Kier molecular flexibility index (Phi) is 8.72. The first kappa shape index (κ1) is 25.0. The average molecular weight is 501 g/mol. The second kappa shape index (κ2) is 12.6. The van der Waals surface area contributed by atoms with E-state index in [-0.39, 0.29) is 5.91 Å². The first-order valence-electron chi connectivity index (χ1n) is 11.7. The largest absolute Gasteiger partial charge is 0.494 e. The molecular formula is C29H28N2O4S. The number of thiazole rings is 1. The van der Waals surface area contributed by atoms with Crippen molar-refractivity contribution in [3.05, 3.63) is 95.4 Å². The third-order valence-corrected chi connectivity index (χ3v) is 5.97. The Bertz CT molecular complexity index is 1300. The summed E-state index contributed by atoms with van der Waals surface area (Å²) in [6.45, 7) is 3.21. The van der Waals surface area contributed by atoms with Crippen molar-refractivity contribution in [2.45, 2.75) is 20.0 Å². The first-order valence-corrected chi connectivity index (χ1v) is 12.5. The highest BCUT2D eigenvalue weighted by Gasteiger charge is 2.08. The highest BCUT2D eigenvalue weighted by molar-refractivity contribution is 7.14. The lowest BCUT2D eigenvalue weighted by molar-refractivity contribution is -0.111. The second-order valence-corrected chi connectivity index (χ2v) is 8.78. The highest BCUT2D eigenvalue weighted by Crippen LogP contribution is 2.30. The number of aromatic nitrogens is 1. The summed E-state index contributed by atoms with van der Waals surface area (Å²) in [6, 6.07) is 23.3. The van der Waals surface area contributed by atoms with E-state index in [2.05, 4.69) is 17.2 Å². The zero-order valence-electron chi connectivity index (χ0n) is 20.3. The van der Waals surface area contributed by atoms with Crippen LogP contribution < -0.4 is 19.5 Å². The molecule has 0 aliphatic rings. The Balaban J connectivity index is 1.34. The summed E-state index contributed by atoms with van der Waals surface area (Å²) in [7, 11) is 1.59. The van der Waals surface area contributed by atoms with Crippen LogP contribution in [0.1, 0.15) is 24.5 Å². The fourth-order valence-electron chi connectivity index (χ4n) is 3.37. The van der Waals surface area contributed by atoms with Crippen LogP contribution in [0.4, 0.5) is 5.13 Å². The molecule has 6 nitrogen and oxygen atoms in total. The van der Waals surface area contributed by atoms with Crippen molar-refractivity contribution in [3.8, 4) is 28.5 Å². The van der Waals surface area contributed by atoms with E-state index in [1.54, 1.807) is 13.2 Å². The van der Waals surface area contributed by atoms with Crippen molar-refractivity contribution in [1.29, 1.82) is 0 Å². The first-order chi connectivity index (χ1) is 17.6. The van der Waals surface area contributed by atoms with Gasteiger partial charge in [0.05, 0.1) is 19.4 Å². The van der Waals surface area contributed by atoms with E-state index in [0.717, 1.165) is 34.6 Å². The second-order valence-electron chi connectivity index (χ2n) is 7.92. The van der Waals surface area contributed by atoms with Gasteiger partial charge in [-0.25, -0.2) is 4.98 Å². The summed E-state index contributed by atoms with van der Waals surface area (Å²) < 4.78 is 17.0. The molecule has 0 saturated heterocycles. The van der Waals surface area contributed by atoms with Crippen LogP contribution in [0.25, 0.3) is 17.3 Å². The number of amides is 1. The van der Waals surface area contributed by atoms with Crippen LogP contribution in [0.3, 0.4) is 0 Å². The lowest BCUT2D eigenvalue weighted by atomic mass is 10.2. The molecule has 7 heteroatoms. The van der Waals surface area contributed by atoms with E-state index < -0.39 is 0 Å². The van der Waals surface area contributed by atoms with Crippen molar-refractivity contribution in [2.75, 3.05) is 19.0 Å². The summed E-state index contributed by atoms with van der Waals surface area (Å²) in [5.74, 6) is 1.82. The molecule has 4 aromatic rings. The van der Waals surface area contributed by atoms with E-state index in [0.29, 0.717) is 29.8 Å². The van der Waals surface area contributed by atoms with Gasteiger partial charge in [-0.15, -0.1) is 11.3 Å². The number of nitrogens with zero attached hydrogens (tertiary/aromatic N) is 1. The maximum atomic E-state index is 12.5. The van der Waals surface area contributed by atoms with E-state index in [1.165, 1.54) is 17.4 Å². The number of carbonyl (C=O) groups excluding carboxylic acids is 1. The Morgan fingerprint density at radius 1 is 1.00 bits per heavy atom. The average Bonchev–Trinajstić information content (AvgIpc) is 3.39. The number of carbonyl (C=O) groups is 1. The van der Waals surface area contributed by atoms with Gasteiger partial charge in [-0.2, -0.15) is 0 Å². The molecule has 0 unspecified atom stereocenters. The minimum atomic E-state index is -0.261. The van der Waals surface area contributed by atoms with Crippen LogP contribution in [0.5, 0.6) is 17.2 Å². The van der Waals surface area contributed by atoms with Gasteiger partial charge in [0.25, 0.3) is 0 Å². The molecule has 0 spiro atoms. The lowest BCUT2D eigenvalue weighted by Crippen LogP contribution is -2.07. The summed E-state index contributed by atoms with van der Waals surface area (Å²) in [5, 5.41) is 5.27. The maximum absolute atomic E-state index is 12.5. The normalized spacial score (nSPS) is 10.8. The van der Waals surface area contributed by atoms with E-state index in [4.69, 9.17) is 14.2 Å². The molecule has 0 atom stereocenters. The number of ether oxygens (including phenoxy) is 3. The van der Waals surface area contributed by atoms with E-state index in [9.17, 15) is 4.79 Å². The molecule has 1 aromatic heterocycles. The van der Waals surface area contributed by atoms with Crippen molar-refractivity contribution in [1.82, 2.24) is 4.98 Å². The smallest absolute Gasteiger partial charge is 0.250 e. The quantitative estimate of drug-likeness (QED) is 0.228. The van der Waals surface area contributed by atoms with Crippen LogP contribution in [0.2, 0.25) is 0 Å². The predicted octanol–water partition coefficient (Wildman–Crippen LogP) is 6.84. The van der Waals surface area contributed by atoms with Gasteiger partial charge in [0.1, 0.15) is 12.4 Å². The Morgan fingerprint density at radius 2 is 1.81 bits per heavy atom. The number of rotatable bonds is 11. The third kappa shape index (κ3) is 6.96. The number of methoxy groups -OCH3 is 1. The Morgan fingerprint density at radius 3 is 2.56 bits per heavy atom. The van der Waals surface area contributed by atoms with Gasteiger partial charge in [0.2, 0.25) is 5.91 Å². The lowest BCUT2D eigenvalue weighted by Gasteiger charge is -2.11. The standard InChI is InChI=1S/C29H28N2O4S/c1-3-17-34-24-13-11-23(12-14-24)25-20-36-29(30-25)31-28(32)16-10-21-9-15-26(27(18-21)33-2)35-19-22-7-5-4-6-8-22/h4-16,18,20H,3,17,19H2,1-2H3,(H,30,31,32)/b16-10+. The van der Waals surface area contributed by atoms with Crippen molar-refractivity contribution in [3.63, 3.8) is 0 Å². The molecule has 0 saturated carbocycles. The number of nitrogens with one attached hydrogen (secondary N) is 1. The van der Waals surface area contributed by atoms with E-state index >= 15 is 0 Å². The molecule has 1 N–H and O–H groups in total. The molecule has 0 bridgehead atoms. The summed E-state index contributed by atoms with van der Waals surface area (Å²) >= 11 is 1.38. The highest BCUT2D eigenvalue weighted by atomic mass is 32.1. The SMILES string of the molecule is CCCOc1ccc(-c2csc(NC(=O)/C=C/c3ccc(OCc4ccccc4)c(OC)c3)n2)cc1. The molecule has 184 valence electrons. The fraction of sp³-hybridized carbons (Fsp3) is 0.172. The van der Waals surface area contributed by atoms with Gasteiger partial charge in [0, 0.05) is 17.0 Å². The molecule has 1 amide bonds. The van der Waals surface area contributed by atoms with Crippen LogP contribution in [-0.2, 0) is 11.4 Å². The molecule has 0 fully saturated rings. The predicted molar refractivity (Wildman–Crippen MR) is 145 cm³/mol. The van der Waals surface area contributed by atoms with Gasteiger partial charge >= 0.3 is 0 Å². The van der Waals surface area contributed by atoms with Crippen molar-refractivity contribution >= 4 is 28.5 Å². The van der Waals surface area contributed by atoms with Gasteiger partial charge in [-0.3, -0.25) is 10.1 Å². The van der Waals surface area contributed by atoms with Crippen LogP contribution in [0.15, 0.2) is 84.3 Å². The molecular weight excluding hydrogens is 472 g/mol. The Hall–Kier alpha value is -4.10. The molecule has 0 radical (unpaired) electrons. The van der Waals surface area contributed by atoms with Crippen LogP contribution in [0, 0.1) is 0 Å². The minimum Gasteiger partial charge on any atom is -0.494 e. The fourth-order valence-corrected chi connectivity index (χ4v) is 4.09.